The van der Waals surface area contributed by atoms with Crippen molar-refractivity contribution in [3.8, 4) is 5.75 Å². The van der Waals surface area contributed by atoms with E-state index in [2.05, 4.69) is 12.2 Å². The van der Waals surface area contributed by atoms with Gasteiger partial charge in [-0.05, 0) is 44.2 Å². The lowest BCUT2D eigenvalue weighted by Gasteiger charge is -2.07. The van der Waals surface area contributed by atoms with E-state index in [4.69, 9.17) is 20.8 Å². The van der Waals surface area contributed by atoms with Crippen molar-refractivity contribution in [1.29, 1.82) is 0 Å². The molecule has 2 rings (SSSR count). The second kappa shape index (κ2) is 6.82. The van der Waals surface area contributed by atoms with Crippen molar-refractivity contribution in [2.75, 3.05) is 6.54 Å². The normalized spacial score (nSPS) is 10.8. The first-order chi connectivity index (χ1) is 9.60. The summed E-state index contributed by atoms with van der Waals surface area (Å²) in [6.07, 6.45) is 0. The Bertz CT molecular complexity index is 578. The molecule has 0 saturated heterocycles. The van der Waals surface area contributed by atoms with Gasteiger partial charge in [-0.15, -0.1) is 0 Å². The molecule has 0 aliphatic heterocycles. The molecular weight excluding hydrogens is 274 g/mol. The number of aryl methyl sites for hydroxylation is 2. The summed E-state index contributed by atoms with van der Waals surface area (Å²) in [4.78, 5) is 0. The Hall–Kier alpha value is -1.45. The highest BCUT2D eigenvalue weighted by Crippen LogP contribution is 2.24. The third-order valence-electron chi connectivity index (χ3n) is 3.16. The van der Waals surface area contributed by atoms with Gasteiger partial charge in [-0.2, -0.15) is 0 Å². The first-order valence-electron chi connectivity index (χ1n) is 6.78. The fraction of sp³-hybridized carbons (Fsp3) is 0.375. The molecule has 0 aliphatic carbocycles. The number of nitrogens with one attached hydrogen (secondary N) is 1. The lowest BCUT2D eigenvalue weighted by molar-refractivity contribution is 0.266. The van der Waals surface area contributed by atoms with Crippen molar-refractivity contribution in [2.45, 2.75) is 33.9 Å². The van der Waals surface area contributed by atoms with E-state index in [1.807, 2.05) is 38.1 Å². The van der Waals surface area contributed by atoms with E-state index in [1.165, 1.54) is 5.56 Å². The van der Waals surface area contributed by atoms with Gasteiger partial charge in [0.2, 0.25) is 0 Å². The zero-order valence-corrected chi connectivity index (χ0v) is 12.9. The molecule has 0 bridgehead atoms. The predicted molar refractivity (Wildman–Crippen MR) is 81.3 cm³/mol. The van der Waals surface area contributed by atoms with Crippen LogP contribution in [0.2, 0.25) is 5.02 Å². The van der Waals surface area contributed by atoms with Crippen LogP contribution in [-0.2, 0) is 13.2 Å². The van der Waals surface area contributed by atoms with Crippen LogP contribution in [0.1, 0.15) is 29.6 Å². The van der Waals surface area contributed by atoms with Crippen molar-refractivity contribution in [3.05, 3.63) is 51.9 Å². The maximum absolute atomic E-state index is 5.97. The Kier molecular flexibility index (Phi) is 5.10. The van der Waals surface area contributed by atoms with Crippen LogP contribution in [0.25, 0.3) is 0 Å². The molecule has 1 N–H and O–H groups in total. The third-order valence-corrected chi connectivity index (χ3v) is 3.39. The topological polar surface area (TPSA) is 34.4 Å². The predicted octanol–water partition coefficient (Wildman–Crippen LogP) is 4.24. The molecule has 0 radical (unpaired) electrons. The van der Waals surface area contributed by atoms with Gasteiger partial charge in [-0.3, -0.25) is 0 Å². The zero-order chi connectivity index (χ0) is 14.5. The highest BCUT2D eigenvalue weighted by molar-refractivity contribution is 6.30. The molecule has 1 aromatic carbocycles. The molecule has 1 heterocycles. The van der Waals surface area contributed by atoms with Gasteiger partial charge in [-0.25, -0.2) is 0 Å². The number of halogens is 1. The van der Waals surface area contributed by atoms with Crippen molar-refractivity contribution < 1.29 is 9.15 Å². The molecule has 0 unspecified atom stereocenters. The number of rotatable bonds is 6. The summed E-state index contributed by atoms with van der Waals surface area (Å²) in [5.74, 6) is 2.56. The lowest BCUT2D eigenvalue weighted by Crippen LogP contribution is -2.11. The van der Waals surface area contributed by atoms with Crippen LogP contribution < -0.4 is 10.1 Å². The Balaban J connectivity index is 2.02. The van der Waals surface area contributed by atoms with Crippen LogP contribution in [0, 0.1) is 13.8 Å². The molecule has 0 atom stereocenters. The van der Waals surface area contributed by atoms with E-state index in [0.717, 1.165) is 35.9 Å². The largest absolute Gasteiger partial charge is 0.485 e. The van der Waals surface area contributed by atoms with Gasteiger partial charge in [-0.1, -0.05) is 24.6 Å². The van der Waals surface area contributed by atoms with E-state index >= 15 is 0 Å². The van der Waals surface area contributed by atoms with E-state index in [0.29, 0.717) is 11.6 Å². The van der Waals surface area contributed by atoms with Crippen molar-refractivity contribution in [2.24, 2.45) is 0 Å². The standard InChI is InChI=1S/C16H20ClNO2/c1-4-18-9-13-7-15(20-12(13)3)10-19-16-8-14(17)6-5-11(16)2/h5-8,18H,4,9-10H2,1-3H3. The van der Waals surface area contributed by atoms with Crippen molar-refractivity contribution in [1.82, 2.24) is 5.32 Å². The summed E-state index contributed by atoms with van der Waals surface area (Å²) >= 11 is 5.97. The van der Waals surface area contributed by atoms with Gasteiger partial charge < -0.3 is 14.5 Å². The molecule has 2 aromatic rings. The van der Waals surface area contributed by atoms with Crippen LogP contribution in [0.3, 0.4) is 0 Å². The summed E-state index contributed by atoms with van der Waals surface area (Å²) in [6, 6.07) is 7.67. The lowest BCUT2D eigenvalue weighted by atomic mass is 10.2. The molecule has 0 aliphatic rings. The minimum Gasteiger partial charge on any atom is -0.485 e. The molecule has 0 amide bonds. The van der Waals surface area contributed by atoms with Crippen molar-refractivity contribution in [3.63, 3.8) is 0 Å². The maximum atomic E-state index is 5.97. The van der Waals surface area contributed by atoms with Crippen LogP contribution in [0.15, 0.2) is 28.7 Å². The Morgan fingerprint density at radius 1 is 1.25 bits per heavy atom. The minimum absolute atomic E-state index is 0.411. The fourth-order valence-electron chi connectivity index (χ4n) is 1.97. The molecule has 3 nitrogen and oxygen atoms in total. The number of ether oxygens (including phenoxy) is 1. The quantitative estimate of drug-likeness (QED) is 0.865. The fourth-order valence-corrected chi connectivity index (χ4v) is 2.13. The number of benzene rings is 1. The molecule has 1 aromatic heterocycles. The van der Waals surface area contributed by atoms with Crippen LogP contribution in [0.4, 0.5) is 0 Å². The first kappa shape index (κ1) is 14.9. The van der Waals surface area contributed by atoms with Crippen LogP contribution in [0.5, 0.6) is 5.75 Å². The number of furan rings is 1. The van der Waals surface area contributed by atoms with Gasteiger partial charge in [0, 0.05) is 17.1 Å². The molecule has 0 fully saturated rings. The molecular formula is C16H20ClNO2. The van der Waals surface area contributed by atoms with E-state index in [9.17, 15) is 0 Å². The Morgan fingerprint density at radius 2 is 2.05 bits per heavy atom. The van der Waals surface area contributed by atoms with E-state index in [1.54, 1.807) is 0 Å². The van der Waals surface area contributed by atoms with Crippen LogP contribution in [-0.4, -0.2) is 6.54 Å². The highest BCUT2D eigenvalue weighted by atomic mass is 35.5. The minimum atomic E-state index is 0.411. The summed E-state index contributed by atoms with van der Waals surface area (Å²) in [6.45, 7) is 8.23. The number of hydrogen-bond acceptors (Lipinski definition) is 3. The molecule has 4 heteroatoms. The van der Waals surface area contributed by atoms with E-state index in [-0.39, 0.29) is 0 Å². The van der Waals surface area contributed by atoms with Crippen LogP contribution >= 0.6 is 11.6 Å². The first-order valence-corrected chi connectivity index (χ1v) is 7.15. The maximum Gasteiger partial charge on any atom is 0.146 e. The summed E-state index contributed by atoms with van der Waals surface area (Å²) in [7, 11) is 0. The summed E-state index contributed by atoms with van der Waals surface area (Å²) < 4.78 is 11.5. The van der Waals surface area contributed by atoms with Gasteiger partial charge in [0.1, 0.15) is 23.9 Å². The Morgan fingerprint density at radius 3 is 2.80 bits per heavy atom. The summed E-state index contributed by atoms with van der Waals surface area (Å²) in [5.41, 5.74) is 2.24. The van der Waals surface area contributed by atoms with Gasteiger partial charge in [0.25, 0.3) is 0 Å². The third kappa shape index (κ3) is 3.78. The molecule has 0 spiro atoms. The molecule has 0 saturated carbocycles. The second-order valence-corrected chi connectivity index (χ2v) is 5.21. The molecule has 20 heavy (non-hydrogen) atoms. The van der Waals surface area contributed by atoms with Crippen molar-refractivity contribution >= 4 is 11.6 Å². The zero-order valence-electron chi connectivity index (χ0n) is 12.1. The Labute approximate surface area is 124 Å². The molecule has 108 valence electrons. The van der Waals surface area contributed by atoms with E-state index < -0.39 is 0 Å². The average molecular weight is 294 g/mol. The average Bonchev–Trinajstić information content (AvgIpc) is 2.78. The van der Waals surface area contributed by atoms with Gasteiger partial charge in [0.15, 0.2) is 0 Å². The monoisotopic (exact) mass is 293 g/mol. The summed E-state index contributed by atoms with van der Waals surface area (Å²) in [5, 5.41) is 3.97. The van der Waals surface area contributed by atoms with Gasteiger partial charge in [0.05, 0.1) is 0 Å². The SMILES string of the molecule is CCNCc1cc(COc2cc(Cl)ccc2C)oc1C. The van der Waals surface area contributed by atoms with Gasteiger partial charge >= 0.3 is 0 Å². The second-order valence-electron chi connectivity index (χ2n) is 4.77. The number of hydrogen-bond donors (Lipinski definition) is 1. The smallest absolute Gasteiger partial charge is 0.146 e. The highest BCUT2D eigenvalue weighted by Gasteiger charge is 2.08.